The van der Waals surface area contributed by atoms with Crippen LogP contribution in [0.2, 0.25) is 0 Å². The van der Waals surface area contributed by atoms with E-state index in [-0.39, 0.29) is 5.92 Å². The number of hydrogen-bond donors (Lipinski definition) is 0. The third kappa shape index (κ3) is 2.53. The molecule has 0 saturated carbocycles. The van der Waals surface area contributed by atoms with Gasteiger partial charge >= 0.3 is 0 Å². The molecular weight excluding hydrogens is 182 g/mol. The predicted molar refractivity (Wildman–Crippen MR) is 51.2 cm³/mol. The molecule has 2 saturated heterocycles. The third-order valence-corrected chi connectivity index (χ3v) is 2.85. The summed E-state index contributed by atoms with van der Waals surface area (Å²) in [6.07, 6.45) is 0.592. The molecule has 2 fully saturated rings. The van der Waals surface area contributed by atoms with E-state index in [1.807, 2.05) is 0 Å². The SMILES string of the molecule is O=C1CCOCC1CN1CCOCC1. The van der Waals surface area contributed by atoms with Crippen LogP contribution in [-0.2, 0) is 14.3 Å². The summed E-state index contributed by atoms with van der Waals surface area (Å²) in [6.45, 7) is 5.55. The molecule has 0 aliphatic carbocycles. The molecule has 0 spiro atoms. The standard InChI is InChI=1S/C10H17NO3/c12-10-1-4-14-8-9(10)7-11-2-5-13-6-3-11/h9H,1-8H2. The lowest BCUT2D eigenvalue weighted by molar-refractivity contribution is -0.131. The molecule has 2 aliphatic rings. The van der Waals surface area contributed by atoms with Gasteiger partial charge in [-0.05, 0) is 0 Å². The predicted octanol–water partition coefficient (Wildman–Crippen LogP) is -0.0758. The summed E-state index contributed by atoms with van der Waals surface area (Å²) in [5, 5.41) is 0. The van der Waals surface area contributed by atoms with Gasteiger partial charge in [-0.1, -0.05) is 0 Å². The lowest BCUT2D eigenvalue weighted by atomic mass is 10.00. The number of hydrogen-bond acceptors (Lipinski definition) is 4. The maximum absolute atomic E-state index is 11.5. The molecule has 2 heterocycles. The van der Waals surface area contributed by atoms with E-state index in [0.29, 0.717) is 25.4 Å². The van der Waals surface area contributed by atoms with Gasteiger partial charge in [0.25, 0.3) is 0 Å². The summed E-state index contributed by atoms with van der Waals surface area (Å²) in [5.41, 5.74) is 0. The molecule has 0 aromatic rings. The number of Topliss-reactive ketones (excluding diaryl/α,β-unsaturated/α-hetero) is 1. The van der Waals surface area contributed by atoms with Crippen LogP contribution >= 0.6 is 0 Å². The maximum Gasteiger partial charge on any atom is 0.141 e. The second-order valence-electron chi connectivity index (χ2n) is 3.90. The van der Waals surface area contributed by atoms with Crippen molar-refractivity contribution in [1.29, 1.82) is 0 Å². The fourth-order valence-electron chi connectivity index (χ4n) is 1.95. The minimum atomic E-state index is 0.0989. The van der Waals surface area contributed by atoms with Gasteiger partial charge in [-0.2, -0.15) is 0 Å². The zero-order valence-electron chi connectivity index (χ0n) is 8.41. The van der Waals surface area contributed by atoms with E-state index in [1.54, 1.807) is 0 Å². The Kier molecular flexibility index (Phi) is 3.50. The monoisotopic (exact) mass is 199 g/mol. The van der Waals surface area contributed by atoms with E-state index >= 15 is 0 Å². The molecule has 4 nitrogen and oxygen atoms in total. The Morgan fingerprint density at radius 2 is 2.00 bits per heavy atom. The normalized spacial score (nSPS) is 30.6. The Morgan fingerprint density at radius 3 is 2.71 bits per heavy atom. The quantitative estimate of drug-likeness (QED) is 0.624. The van der Waals surface area contributed by atoms with Crippen molar-refractivity contribution in [2.75, 3.05) is 46.1 Å². The van der Waals surface area contributed by atoms with Crippen molar-refractivity contribution in [3.63, 3.8) is 0 Å². The number of ketones is 1. The minimum Gasteiger partial charge on any atom is -0.380 e. The van der Waals surface area contributed by atoms with Gasteiger partial charge in [0.1, 0.15) is 5.78 Å². The van der Waals surface area contributed by atoms with Crippen molar-refractivity contribution in [2.24, 2.45) is 5.92 Å². The Labute approximate surface area is 84.2 Å². The van der Waals surface area contributed by atoms with Gasteiger partial charge in [0.2, 0.25) is 0 Å². The van der Waals surface area contributed by atoms with Gasteiger partial charge in [-0.15, -0.1) is 0 Å². The van der Waals surface area contributed by atoms with Crippen molar-refractivity contribution in [3.05, 3.63) is 0 Å². The number of carbonyl (C=O) groups is 1. The molecule has 0 aromatic heterocycles. The van der Waals surface area contributed by atoms with Crippen LogP contribution in [0.15, 0.2) is 0 Å². The summed E-state index contributed by atoms with van der Waals surface area (Å²) in [6, 6.07) is 0. The van der Waals surface area contributed by atoms with Crippen LogP contribution in [0.3, 0.4) is 0 Å². The third-order valence-electron chi connectivity index (χ3n) is 2.85. The average molecular weight is 199 g/mol. The Hall–Kier alpha value is -0.450. The summed E-state index contributed by atoms with van der Waals surface area (Å²) in [7, 11) is 0. The Morgan fingerprint density at radius 1 is 1.21 bits per heavy atom. The van der Waals surface area contributed by atoms with Crippen LogP contribution in [0, 0.1) is 5.92 Å². The highest BCUT2D eigenvalue weighted by Crippen LogP contribution is 2.12. The molecule has 80 valence electrons. The van der Waals surface area contributed by atoms with Crippen LogP contribution in [0.4, 0.5) is 0 Å². The molecule has 0 aromatic carbocycles. The van der Waals surface area contributed by atoms with Crippen LogP contribution in [0.25, 0.3) is 0 Å². The first-order chi connectivity index (χ1) is 6.86. The molecule has 0 amide bonds. The smallest absolute Gasteiger partial charge is 0.141 e. The first-order valence-corrected chi connectivity index (χ1v) is 5.27. The second kappa shape index (κ2) is 4.87. The van der Waals surface area contributed by atoms with Crippen LogP contribution in [-0.4, -0.2) is 56.7 Å². The Bertz CT molecular complexity index is 202. The fraction of sp³-hybridized carbons (Fsp3) is 0.900. The van der Waals surface area contributed by atoms with Crippen LogP contribution in [0.1, 0.15) is 6.42 Å². The van der Waals surface area contributed by atoms with Crippen molar-refractivity contribution >= 4 is 5.78 Å². The van der Waals surface area contributed by atoms with Gasteiger partial charge in [0.05, 0.1) is 32.3 Å². The van der Waals surface area contributed by atoms with Gasteiger partial charge < -0.3 is 9.47 Å². The average Bonchev–Trinajstić information content (AvgIpc) is 2.23. The van der Waals surface area contributed by atoms with Crippen molar-refractivity contribution in [3.8, 4) is 0 Å². The first kappa shape index (κ1) is 10.1. The molecule has 0 radical (unpaired) electrons. The lowest BCUT2D eigenvalue weighted by Gasteiger charge is -2.31. The van der Waals surface area contributed by atoms with Crippen molar-refractivity contribution < 1.29 is 14.3 Å². The van der Waals surface area contributed by atoms with Gasteiger partial charge in [-0.25, -0.2) is 0 Å². The van der Waals surface area contributed by atoms with E-state index < -0.39 is 0 Å². The summed E-state index contributed by atoms with van der Waals surface area (Å²) < 4.78 is 10.6. The zero-order chi connectivity index (χ0) is 9.80. The zero-order valence-corrected chi connectivity index (χ0v) is 8.41. The van der Waals surface area contributed by atoms with Crippen LogP contribution in [0.5, 0.6) is 0 Å². The topological polar surface area (TPSA) is 38.8 Å². The molecule has 2 aliphatic heterocycles. The van der Waals surface area contributed by atoms with E-state index in [1.165, 1.54) is 0 Å². The molecule has 14 heavy (non-hydrogen) atoms. The van der Waals surface area contributed by atoms with E-state index in [4.69, 9.17) is 9.47 Å². The molecule has 4 heteroatoms. The molecule has 2 rings (SSSR count). The van der Waals surface area contributed by atoms with Crippen LogP contribution < -0.4 is 0 Å². The van der Waals surface area contributed by atoms with Crippen molar-refractivity contribution in [1.82, 2.24) is 4.90 Å². The second-order valence-corrected chi connectivity index (χ2v) is 3.90. The molecular formula is C10H17NO3. The lowest BCUT2D eigenvalue weighted by Crippen LogP contribution is -2.43. The van der Waals surface area contributed by atoms with Gasteiger partial charge in [0.15, 0.2) is 0 Å². The highest BCUT2D eigenvalue weighted by atomic mass is 16.5. The number of nitrogens with zero attached hydrogens (tertiary/aromatic N) is 1. The fourth-order valence-corrected chi connectivity index (χ4v) is 1.95. The highest BCUT2D eigenvalue weighted by Gasteiger charge is 2.25. The minimum absolute atomic E-state index is 0.0989. The van der Waals surface area contributed by atoms with Gasteiger partial charge in [0, 0.05) is 26.1 Å². The maximum atomic E-state index is 11.5. The first-order valence-electron chi connectivity index (χ1n) is 5.27. The van der Waals surface area contributed by atoms with E-state index in [2.05, 4.69) is 4.90 Å². The van der Waals surface area contributed by atoms with Crippen molar-refractivity contribution in [2.45, 2.75) is 6.42 Å². The number of ether oxygens (including phenoxy) is 2. The molecule has 0 N–H and O–H groups in total. The van der Waals surface area contributed by atoms with Gasteiger partial charge in [-0.3, -0.25) is 9.69 Å². The van der Waals surface area contributed by atoms with E-state index in [9.17, 15) is 4.79 Å². The summed E-state index contributed by atoms with van der Waals surface area (Å²) in [4.78, 5) is 13.8. The summed E-state index contributed by atoms with van der Waals surface area (Å²) in [5.74, 6) is 0.463. The largest absolute Gasteiger partial charge is 0.380 e. The van der Waals surface area contributed by atoms with E-state index in [0.717, 1.165) is 32.8 Å². The molecule has 1 atom stereocenters. The number of rotatable bonds is 2. The Balaban J connectivity index is 1.79. The number of carbonyl (C=O) groups excluding carboxylic acids is 1. The molecule has 0 bridgehead atoms. The number of morpholine rings is 1. The highest BCUT2D eigenvalue weighted by molar-refractivity contribution is 5.82. The summed E-state index contributed by atoms with van der Waals surface area (Å²) >= 11 is 0. The molecule has 1 unspecified atom stereocenters.